The Labute approximate surface area is 141 Å². The van der Waals surface area contributed by atoms with E-state index in [1.807, 2.05) is 43.9 Å². The van der Waals surface area contributed by atoms with Crippen molar-refractivity contribution in [3.8, 4) is 0 Å². The molecule has 1 aliphatic rings. The van der Waals surface area contributed by atoms with Crippen LogP contribution in [0, 0.1) is 13.8 Å². The minimum absolute atomic E-state index is 0.0571. The zero-order chi connectivity index (χ0) is 16.6. The Bertz CT molecular complexity index is 741. The Kier molecular flexibility index (Phi) is 4.11. The number of carbonyl (C=O) groups excluding carboxylic acids is 1. The Morgan fingerprint density at radius 2 is 1.87 bits per heavy atom. The summed E-state index contributed by atoms with van der Waals surface area (Å²) in [7, 11) is 0. The molecule has 120 valence electrons. The number of likely N-dealkylation sites (tertiary alicyclic amines) is 1. The lowest BCUT2D eigenvalue weighted by molar-refractivity contribution is 0.0603. The molecule has 0 saturated carbocycles. The van der Waals surface area contributed by atoms with Gasteiger partial charge in [-0.3, -0.25) is 4.79 Å². The van der Waals surface area contributed by atoms with E-state index in [0.29, 0.717) is 23.0 Å². The van der Waals surface area contributed by atoms with Gasteiger partial charge in [-0.2, -0.15) is 0 Å². The lowest BCUT2D eigenvalue weighted by atomic mass is 9.96. The maximum Gasteiger partial charge on any atom is 0.256 e. The second-order valence-electron chi connectivity index (χ2n) is 6.29. The highest BCUT2D eigenvalue weighted by atomic mass is 35.5. The molecule has 2 aromatic rings. The number of hydrogen-bond donors (Lipinski definition) is 0. The molecule has 0 radical (unpaired) electrons. The molecule has 1 aromatic carbocycles. The third-order valence-corrected chi connectivity index (χ3v) is 4.78. The minimum Gasteiger partial charge on any atom is -0.326 e. The van der Waals surface area contributed by atoms with Crippen LogP contribution in [0.5, 0.6) is 0 Å². The van der Waals surface area contributed by atoms with E-state index < -0.39 is 5.54 Å². The largest absolute Gasteiger partial charge is 0.326 e. The summed E-state index contributed by atoms with van der Waals surface area (Å²) in [6.07, 6.45) is 1.79. The van der Waals surface area contributed by atoms with Gasteiger partial charge < -0.3 is 4.90 Å². The van der Waals surface area contributed by atoms with Gasteiger partial charge in [-0.25, -0.2) is 9.97 Å². The normalized spacial score (nSPS) is 20.8. The molecular weight excluding hydrogens is 310 g/mol. The maximum absolute atomic E-state index is 13.0. The van der Waals surface area contributed by atoms with Crippen molar-refractivity contribution in [3.05, 3.63) is 58.1 Å². The van der Waals surface area contributed by atoms with Crippen molar-refractivity contribution in [2.75, 3.05) is 6.54 Å². The highest BCUT2D eigenvalue weighted by Crippen LogP contribution is 2.38. The van der Waals surface area contributed by atoms with Gasteiger partial charge in [0.25, 0.3) is 5.91 Å². The molecule has 1 amide bonds. The number of hydrogen-bond acceptors (Lipinski definition) is 3. The molecule has 0 bridgehead atoms. The van der Waals surface area contributed by atoms with Gasteiger partial charge >= 0.3 is 0 Å². The Morgan fingerprint density at radius 1 is 1.22 bits per heavy atom. The van der Waals surface area contributed by atoms with E-state index >= 15 is 0 Å². The fourth-order valence-electron chi connectivity index (χ4n) is 3.27. The summed E-state index contributed by atoms with van der Waals surface area (Å²) in [5, 5.41) is 0.480. The van der Waals surface area contributed by atoms with E-state index in [9.17, 15) is 4.79 Å². The number of rotatable bonds is 2. The van der Waals surface area contributed by atoms with Crippen LogP contribution >= 0.6 is 11.6 Å². The summed E-state index contributed by atoms with van der Waals surface area (Å²) < 4.78 is 0. The van der Waals surface area contributed by atoms with Crippen LogP contribution in [0.25, 0.3) is 0 Å². The van der Waals surface area contributed by atoms with Gasteiger partial charge in [0.15, 0.2) is 5.82 Å². The summed E-state index contributed by atoms with van der Waals surface area (Å²) in [4.78, 5) is 24.1. The molecule has 23 heavy (non-hydrogen) atoms. The van der Waals surface area contributed by atoms with E-state index in [-0.39, 0.29) is 5.91 Å². The third kappa shape index (κ3) is 2.83. The first-order valence-corrected chi connectivity index (χ1v) is 8.19. The SMILES string of the molecule is Cc1cc(C)nc([C@]2(C)CCCN2C(=O)c2ccccc2Cl)n1. The van der Waals surface area contributed by atoms with Gasteiger partial charge in [-0.15, -0.1) is 0 Å². The van der Waals surface area contributed by atoms with Gasteiger partial charge in [0.05, 0.1) is 10.6 Å². The van der Waals surface area contributed by atoms with E-state index in [4.69, 9.17) is 11.6 Å². The van der Waals surface area contributed by atoms with Crippen molar-refractivity contribution >= 4 is 17.5 Å². The summed E-state index contributed by atoms with van der Waals surface area (Å²) in [5.41, 5.74) is 1.88. The van der Waals surface area contributed by atoms with Crippen LogP contribution in [0.15, 0.2) is 30.3 Å². The quantitative estimate of drug-likeness (QED) is 0.839. The van der Waals surface area contributed by atoms with Crippen molar-refractivity contribution in [1.29, 1.82) is 0 Å². The fraction of sp³-hybridized carbons (Fsp3) is 0.389. The molecule has 0 N–H and O–H groups in total. The minimum atomic E-state index is -0.493. The van der Waals surface area contributed by atoms with Gasteiger partial charge in [-0.05, 0) is 51.8 Å². The number of halogens is 1. The summed E-state index contributed by atoms with van der Waals surface area (Å²) >= 11 is 6.21. The zero-order valence-electron chi connectivity index (χ0n) is 13.6. The molecule has 2 heterocycles. The molecule has 0 aliphatic carbocycles. The van der Waals surface area contributed by atoms with E-state index in [1.54, 1.807) is 12.1 Å². The molecule has 1 aliphatic heterocycles. The number of benzene rings is 1. The van der Waals surface area contributed by atoms with E-state index in [2.05, 4.69) is 9.97 Å². The number of carbonyl (C=O) groups is 1. The van der Waals surface area contributed by atoms with Crippen molar-refractivity contribution < 1.29 is 4.79 Å². The van der Waals surface area contributed by atoms with Crippen LogP contribution in [0.1, 0.15) is 47.3 Å². The topological polar surface area (TPSA) is 46.1 Å². The van der Waals surface area contributed by atoms with Crippen LogP contribution < -0.4 is 0 Å². The Morgan fingerprint density at radius 3 is 2.52 bits per heavy atom. The fourth-order valence-corrected chi connectivity index (χ4v) is 3.48. The summed E-state index contributed by atoms with van der Waals surface area (Å²) in [5.74, 6) is 0.659. The second-order valence-corrected chi connectivity index (χ2v) is 6.70. The van der Waals surface area contributed by atoms with Gasteiger partial charge in [0.1, 0.15) is 5.54 Å². The average Bonchev–Trinajstić information content (AvgIpc) is 2.89. The molecule has 3 rings (SSSR count). The highest BCUT2D eigenvalue weighted by molar-refractivity contribution is 6.33. The molecule has 5 heteroatoms. The van der Waals surface area contributed by atoms with Crippen molar-refractivity contribution in [1.82, 2.24) is 14.9 Å². The molecule has 1 atom stereocenters. The second kappa shape index (κ2) is 5.93. The predicted octanol–water partition coefficient (Wildman–Crippen LogP) is 3.90. The number of nitrogens with zero attached hydrogens (tertiary/aromatic N) is 3. The first kappa shape index (κ1) is 15.9. The van der Waals surface area contributed by atoms with Gasteiger partial charge in [0, 0.05) is 17.9 Å². The molecular formula is C18H20ClN3O. The number of amides is 1. The highest BCUT2D eigenvalue weighted by Gasteiger charge is 2.44. The smallest absolute Gasteiger partial charge is 0.256 e. The molecule has 4 nitrogen and oxygen atoms in total. The van der Waals surface area contributed by atoms with Crippen LogP contribution in [-0.4, -0.2) is 27.3 Å². The average molecular weight is 330 g/mol. The third-order valence-electron chi connectivity index (χ3n) is 4.45. The molecule has 0 unspecified atom stereocenters. The lowest BCUT2D eigenvalue weighted by Gasteiger charge is -2.34. The monoisotopic (exact) mass is 329 g/mol. The number of aromatic nitrogens is 2. The Hall–Kier alpha value is -1.94. The van der Waals surface area contributed by atoms with Crippen molar-refractivity contribution in [2.45, 2.75) is 39.2 Å². The molecule has 0 spiro atoms. The van der Waals surface area contributed by atoms with Crippen LogP contribution in [0.4, 0.5) is 0 Å². The molecule has 1 saturated heterocycles. The molecule has 1 fully saturated rings. The summed E-state index contributed by atoms with van der Waals surface area (Å²) in [6.45, 7) is 6.65. The van der Waals surface area contributed by atoms with Crippen molar-refractivity contribution in [2.24, 2.45) is 0 Å². The maximum atomic E-state index is 13.0. The first-order chi connectivity index (χ1) is 10.9. The standard InChI is InChI=1S/C18H20ClN3O/c1-12-11-13(2)21-17(20-12)18(3)9-6-10-22(18)16(23)14-7-4-5-8-15(14)19/h4-5,7-8,11H,6,9-10H2,1-3H3/t18-/m0/s1. The van der Waals surface area contributed by atoms with Crippen LogP contribution in [0.3, 0.4) is 0 Å². The van der Waals surface area contributed by atoms with Gasteiger partial charge in [0.2, 0.25) is 0 Å². The van der Waals surface area contributed by atoms with Gasteiger partial charge in [-0.1, -0.05) is 23.7 Å². The van der Waals surface area contributed by atoms with Crippen LogP contribution in [0.2, 0.25) is 5.02 Å². The predicted molar refractivity (Wildman–Crippen MR) is 90.6 cm³/mol. The van der Waals surface area contributed by atoms with Crippen molar-refractivity contribution in [3.63, 3.8) is 0 Å². The van der Waals surface area contributed by atoms with E-state index in [1.165, 1.54) is 0 Å². The zero-order valence-corrected chi connectivity index (χ0v) is 14.4. The first-order valence-electron chi connectivity index (χ1n) is 7.81. The van der Waals surface area contributed by atoms with Crippen LogP contribution in [-0.2, 0) is 5.54 Å². The number of aryl methyl sites for hydroxylation is 2. The lowest BCUT2D eigenvalue weighted by Crippen LogP contribution is -2.44. The van der Waals surface area contributed by atoms with E-state index in [0.717, 1.165) is 24.2 Å². The Balaban J connectivity index is 2.02. The summed E-state index contributed by atoms with van der Waals surface area (Å²) in [6, 6.07) is 9.12. The molecule has 1 aromatic heterocycles.